The molecule has 4 rings (SSSR count). The smallest absolute Gasteiger partial charge is 0.211 e. The van der Waals surface area contributed by atoms with Gasteiger partial charge in [-0.05, 0) is 36.4 Å². The Hall–Kier alpha value is -2.86. The van der Waals surface area contributed by atoms with Crippen LogP contribution < -0.4 is 15.5 Å². The Bertz CT molecular complexity index is 849. The number of nitrogens with one attached hydrogen (secondary N) is 3. The quantitative estimate of drug-likeness (QED) is 0.644. The minimum Gasteiger partial charge on any atom is -0.369 e. The minimum atomic E-state index is 0.672. The molecule has 1 fully saturated rings. The minimum absolute atomic E-state index is 0.672. The molecule has 0 unspecified atom stereocenters. The van der Waals surface area contributed by atoms with Crippen molar-refractivity contribution >= 4 is 28.8 Å². The van der Waals surface area contributed by atoms with Crippen LogP contribution in [0, 0.1) is 0 Å². The number of carbonyl (C=O) groups is 1. The van der Waals surface area contributed by atoms with Gasteiger partial charge in [-0.1, -0.05) is 6.07 Å². The predicted octanol–water partition coefficient (Wildman–Crippen LogP) is 2.21. The highest BCUT2D eigenvalue weighted by atomic mass is 16.1. The van der Waals surface area contributed by atoms with Crippen molar-refractivity contribution in [2.45, 2.75) is 0 Å². The molecule has 3 aromatic rings. The van der Waals surface area contributed by atoms with E-state index in [1.807, 2.05) is 18.2 Å². The van der Waals surface area contributed by atoms with Gasteiger partial charge in [0.2, 0.25) is 6.41 Å². The topological polar surface area (TPSA) is 73.1 Å². The average Bonchev–Trinajstić information content (AvgIpc) is 3.08. The molecular formula is C18H19N5O. The lowest BCUT2D eigenvalue weighted by molar-refractivity contribution is -0.105. The van der Waals surface area contributed by atoms with Crippen LogP contribution in [0.3, 0.4) is 0 Å². The molecule has 2 heterocycles. The van der Waals surface area contributed by atoms with Crippen LogP contribution in [0.2, 0.25) is 0 Å². The van der Waals surface area contributed by atoms with Gasteiger partial charge in [-0.25, -0.2) is 4.98 Å². The Morgan fingerprint density at radius 3 is 2.62 bits per heavy atom. The molecule has 0 aliphatic carbocycles. The van der Waals surface area contributed by atoms with Crippen molar-refractivity contribution in [2.24, 2.45) is 0 Å². The molecule has 0 bridgehead atoms. The number of carbonyl (C=O) groups excluding carboxylic acids is 1. The maximum Gasteiger partial charge on any atom is 0.211 e. The molecule has 1 saturated heterocycles. The highest BCUT2D eigenvalue weighted by molar-refractivity contribution is 5.94. The number of benzene rings is 2. The molecule has 0 radical (unpaired) electrons. The standard InChI is InChI=1S/C18H19N5O/c24-12-20-15-2-1-3-16-17(15)22-18(21-16)13-4-6-14(7-5-13)23-10-8-19-9-11-23/h1-7,12,19H,8-11H2,(H,20,24)(H,21,22). The van der Waals surface area contributed by atoms with Crippen molar-refractivity contribution in [3.05, 3.63) is 42.5 Å². The summed E-state index contributed by atoms with van der Waals surface area (Å²) in [5.41, 5.74) is 4.65. The molecule has 122 valence electrons. The average molecular weight is 321 g/mol. The first-order valence-electron chi connectivity index (χ1n) is 8.10. The first kappa shape index (κ1) is 14.7. The zero-order chi connectivity index (χ0) is 16.4. The molecule has 3 N–H and O–H groups in total. The Balaban J connectivity index is 1.64. The third-order valence-corrected chi connectivity index (χ3v) is 4.35. The van der Waals surface area contributed by atoms with Gasteiger partial charge in [0.05, 0.1) is 11.2 Å². The molecule has 0 saturated carbocycles. The second kappa shape index (κ2) is 6.33. The zero-order valence-corrected chi connectivity index (χ0v) is 13.2. The fourth-order valence-electron chi connectivity index (χ4n) is 3.10. The second-order valence-corrected chi connectivity index (χ2v) is 5.83. The van der Waals surface area contributed by atoms with Crippen LogP contribution in [0.4, 0.5) is 11.4 Å². The number of fused-ring (bicyclic) bond motifs is 1. The largest absolute Gasteiger partial charge is 0.369 e. The van der Waals surface area contributed by atoms with Gasteiger partial charge in [-0.2, -0.15) is 0 Å². The molecule has 24 heavy (non-hydrogen) atoms. The first-order chi connectivity index (χ1) is 11.8. The van der Waals surface area contributed by atoms with E-state index in [-0.39, 0.29) is 0 Å². The van der Waals surface area contributed by atoms with Crippen molar-refractivity contribution in [3.63, 3.8) is 0 Å². The van der Waals surface area contributed by atoms with Gasteiger partial charge in [0.15, 0.2) is 0 Å². The fraction of sp³-hybridized carbons (Fsp3) is 0.222. The van der Waals surface area contributed by atoms with Crippen molar-refractivity contribution in [1.82, 2.24) is 15.3 Å². The number of rotatable bonds is 4. The fourth-order valence-corrected chi connectivity index (χ4v) is 3.10. The lowest BCUT2D eigenvalue weighted by Gasteiger charge is -2.29. The number of hydrogen-bond acceptors (Lipinski definition) is 4. The van der Waals surface area contributed by atoms with Gasteiger partial charge in [0.1, 0.15) is 11.3 Å². The normalized spacial score (nSPS) is 14.8. The maximum atomic E-state index is 10.7. The number of nitrogens with zero attached hydrogens (tertiary/aromatic N) is 2. The summed E-state index contributed by atoms with van der Waals surface area (Å²) in [5.74, 6) is 0.803. The van der Waals surface area contributed by atoms with E-state index in [4.69, 9.17) is 0 Å². The van der Waals surface area contributed by atoms with E-state index in [0.29, 0.717) is 12.1 Å². The van der Waals surface area contributed by atoms with E-state index in [0.717, 1.165) is 48.6 Å². The van der Waals surface area contributed by atoms with E-state index in [1.54, 1.807) is 0 Å². The van der Waals surface area contributed by atoms with Gasteiger partial charge in [-0.15, -0.1) is 0 Å². The summed E-state index contributed by atoms with van der Waals surface area (Å²) in [6.07, 6.45) is 0.672. The first-order valence-corrected chi connectivity index (χ1v) is 8.10. The maximum absolute atomic E-state index is 10.7. The summed E-state index contributed by atoms with van der Waals surface area (Å²) >= 11 is 0. The lowest BCUT2D eigenvalue weighted by atomic mass is 10.1. The number of para-hydroxylation sites is 1. The number of aromatic nitrogens is 2. The van der Waals surface area contributed by atoms with Crippen LogP contribution in [0.25, 0.3) is 22.4 Å². The molecule has 2 aromatic carbocycles. The van der Waals surface area contributed by atoms with Crippen molar-refractivity contribution in [2.75, 3.05) is 36.4 Å². The van der Waals surface area contributed by atoms with Gasteiger partial charge < -0.3 is 20.5 Å². The Morgan fingerprint density at radius 2 is 1.88 bits per heavy atom. The van der Waals surface area contributed by atoms with Gasteiger partial charge in [0.25, 0.3) is 0 Å². The second-order valence-electron chi connectivity index (χ2n) is 5.83. The highest BCUT2D eigenvalue weighted by Gasteiger charge is 2.12. The Labute approximate surface area is 139 Å². The molecule has 1 aliphatic rings. The number of amides is 1. The molecule has 6 nitrogen and oxygen atoms in total. The molecular weight excluding hydrogens is 302 g/mol. The summed E-state index contributed by atoms with van der Waals surface area (Å²) < 4.78 is 0. The highest BCUT2D eigenvalue weighted by Crippen LogP contribution is 2.27. The molecule has 0 atom stereocenters. The van der Waals surface area contributed by atoms with Crippen LogP contribution in [-0.4, -0.2) is 42.6 Å². The number of aromatic amines is 1. The van der Waals surface area contributed by atoms with Crippen molar-refractivity contribution < 1.29 is 4.79 Å². The SMILES string of the molecule is O=CNc1cccc2[nH]c(-c3ccc(N4CCNCC4)cc3)nc12. The van der Waals surface area contributed by atoms with Crippen LogP contribution in [-0.2, 0) is 4.79 Å². The predicted molar refractivity (Wildman–Crippen MR) is 96.3 cm³/mol. The molecule has 1 aliphatic heterocycles. The molecule has 1 amide bonds. The summed E-state index contributed by atoms with van der Waals surface area (Å²) in [4.78, 5) is 21.1. The van der Waals surface area contributed by atoms with E-state index >= 15 is 0 Å². The van der Waals surface area contributed by atoms with Crippen LogP contribution in [0.15, 0.2) is 42.5 Å². The number of piperazine rings is 1. The lowest BCUT2D eigenvalue weighted by Crippen LogP contribution is -2.43. The summed E-state index contributed by atoms with van der Waals surface area (Å²) in [7, 11) is 0. The molecule has 6 heteroatoms. The van der Waals surface area contributed by atoms with Crippen molar-refractivity contribution in [1.29, 1.82) is 0 Å². The number of H-pyrrole nitrogens is 1. The van der Waals surface area contributed by atoms with Crippen molar-refractivity contribution in [3.8, 4) is 11.4 Å². The van der Waals surface area contributed by atoms with Crippen LogP contribution in [0.5, 0.6) is 0 Å². The Morgan fingerprint density at radius 1 is 1.08 bits per heavy atom. The third kappa shape index (κ3) is 2.72. The van der Waals surface area contributed by atoms with E-state index in [2.05, 4.69) is 49.8 Å². The summed E-state index contributed by atoms with van der Waals surface area (Å²) in [6, 6.07) is 14.1. The number of imidazole rings is 1. The van der Waals surface area contributed by atoms with E-state index in [1.165, 1.54) is 5.69 Å². The molecule has 1 aromatic heterocycles. The van der Waals surface area contributed by atoms with Crippen LogP contribution in [0.1, 0.15) is 0 Å². The third-order valence-electron chi connectivity index (χ3n) is 4.35. The number of anilines is 2. The van der Waals surface area contributed by atoms with Gasteiger partial charge >= 0.3 is 0 Å². The van der Waals surface area contributed by atoms with E-state index in [9.17, 15) is 4.79 Å². The number of hydrogen-bond donors (Lipinski definition) is 3. The van der Waals surface area contributed by atoms with Crippen LogP contribution >= 0.6 is 0 Å². The monoisotopic (exact) mass is 321 g/mol. The Kier molecular flexibility index (Phi) is 3.88. The van der Waals surface area contributed by atoms with E-state index < -0.39 is 0 Å². The molecule has 0 spiro atoms. The zero-order valence-electron chi connectivity index (χ0n) is 13.2. The van der Waals surface area contributed by atoms with Gasteiger partial charge in [-0.3, -0.25) is 4.79 Å². The summed E-state index contributed by atoms with van der Waals surface area (Å²) in [6.45, 7) is 4.12. The van der Waals surface area contributed by atoms with Gasteiger partial charge in [0, 0.05) is 37.4 Å². The summed E-state index contributed by atoms with van der Waals surface area (Å²) in [5, 5.41) is 6.06.